The number of anilines is 1. The maximum Gasteiger partial charge on any atom is 0.227 e. The summed E-state index contributed by atoms with van der Waals surface area (Å²) in [7, 11) is 0. The maximum absolute atomic E-state index is 12.4. The maximum atomic E-state index is 12.4. The molecule has 0 aliphatic heterocycles. The normalized spacial score (nSPS) is 13.6. The highest BCUT2D eigenvalue weighted by Gasteiger charge is 2.25. The second kappa shape index (κ2) is 8.63. The number of nitrogens with one attached hydrogen (secondary N) is 3. The van der Waals surface area contributed by atoms with Crippen LogP contribution in [0.3, 0.4) is 0 Å². The van der Waals surface area contributed by atoms with Gasteiger partial charge in [-0.25, -0.2) is 9.97 Å². The molecule has 0 spiro atoms. The first-order valence-electron chi connectivity index (χ1n) is 12.2. The quantitative estimate of drug-likeness (QED) is 0.301. The fraction of sp³-hybridized carbons (Fsp3) is 0.143. The van der Waals surface area contributed by atoms with E-state index in [0.29, 0.717) is 11.3 Å². The second-order valence-corrected chi connectivity index (χ2v) is 9.29. The summed E-state index contributed by atoms with van der Waals surface area (Å²) < 4.78 is 0. The molecule has 1 fully saturated rings. The van der Waals surface area contributed by atoms with Crippen LogP contribution < -0.4 is 5.32 Å². The van der Waals surface area contributed by atoms with Crippen molar-refractivity contribution < 1.29 is 4.79 Å². The molecule has 7 rings (SSSR count). The van der Waals surface area contributed by atoms with Gasteiger partial charge in [0.05, 0.1) is 29.0 Å². The molecule has 9 heteroatoms. The average Bonchev–Trinajstić information content (AvgIpc) is 3.52. The fourth-order valence-corrected chi connectivity index (χ4v) is 4.75. The third-order valence-electron chi connectivity index (χ3n) is 6.97. The molecule has 0 atom stereocenters. The summed E-state index contributed by atoms with van der Waals surface area (Å²) in [4.78, 5) is 33.8. The van der Waals surface area contributed by atoms with Crippen molar-refractivity contribution in [3.8, 4) is 33.8 Å². The number of rotatable bonds is 5. The lowest BCUT2D eigenvalue weighted by Crippen LogP contribution is -2.28. The molecule has 180 valence electrons. The van der Waals surface area contributed by atoms with Crippen LogP contribution >= 0.6 is 0 Å². The zero-order valence-corrected chi connectivity index (χ0v) is 19.8. The Labute approximate surface area is 211 Å². The number of aromatic nitrogens is 7. The Hall–Kier alpha value is -4.92. The minimum atomic E-state index is 0.0633. The third-order valence-corrected chi connectivity index (χ3v) is 6.97. The first kappa shape index (κ1) is 21.4. The summed E-state index contributed by atoms with van der Waals surface area (Å²) >= 11 is 0. The molecule has 37 heavy (non-hydrogen) atoms. The molecular formula is C28H22N8O. The monoisotopic (exact) mass is 486 g/mol. The van der Waals surface area contributed by atoms with Crippen molar-refractivity contribution in [2.24, 2.45) is 5.92 Å². The van der Waals surface area contributed by atoms with E-state index in [-0.39, 0.29) is 11.8 Å². The fourth-order valence-electron chi connectivity index (χ4n) is 4.75. The van der Waals surface area contributed by atoms with Crippen LogP contribution in [0, 0.1) is 5.92 Å². The molecule has 9 nitrogen and oxygen atoms in total. The van der Waals surface area contributed by atoms with E-state index in [0.717, 1.165) is 69.5 Å². The Balaban J connectivity index is 1.26. The summed E-state index contributed by atoms with van der Waals surface area (Å²) in [5.74, 6) is 0.174. The van der Waals surface area contributed by atoms with Crippen molar-refractivity contribution in [2.45, 2.75) is 19.3 Å². The van der Waals surface area contributed by atoms with Gasteiger partial charge in [-0.3, -0.25) is 19.9 Å². The van der Waals surface area contributed by atoms with Crippen LogP contribution in [0.25, 0.3) is 55.8 Å². The molecule has 0 saturated heterocycles. The molecule has 0 unspecified atom stereocenters. The zero-order chi connectivity index (χ0) is 24.8. The molecule has 3 N–H and O–H groups in total. The lowest BCUT2D eigenvalue weighted by atomic mass is 9.85. The first-order chi connectivity index (χ1) is 18.2. The van der Waals surface area contributed by atoms with Gasteiger partial charge in [-0.05, 0) is 49.2 Å². The van der Waals surface area contributed by atoms with Gasteiger partial charge in [0.1, 0.15) is 5.65 Å². The van der Waals surface area contributed by atoms with Gasteiger partial charge in [0, 0.05) is 58.2 Å². The number of H-pyrrole nitrogens is 2. The van der Waals surface area contributed by atoms with Crippen LogP contribution in [-0.2, 0) is 4.79 Å². The minimum Gasteiger partial charge on any atom is -0.338 e. The molecule has 1 saturated carbocycles. The standard InChI is InChI=1S/C28H22N8O/c37-28(16-4-3-5-16)33-19-10-17(13-29-15-19)18-11-22-25(35-36-27(22)32-14-18)24-12-21-20(7-9-31-26(21)34-24)23-6-1-2-8-30-23/h1-2,6-16H,3-5H2,(H,31,34)(H,33,37)(H,32,35,36). The minimum absolute atomic E-state index is 0.0633. The Morgan fingerprint density at radius 1 is 0.919 bits per heavy atom. The highest BCUT2D eigenvalue weighted by molar-refractivity contribution is 5.99. The molecular weight excluding hydrogens is 464 g/mol. The van der Waals surface area contributed by atoms with Crippen LogP contribution in [0.1, 0.15) is 19.3 Å². The van der Waals surface area contributed by atoms with Gasteiger partial charge < -0.3 is 10.3 Å². The number of nitrogens with zero attached hydrogens (tertiary/aromatic N) is 5. The second-order valence-electron chi connectivity index (χ2n) is 9.29. The van der Waals surface area contributed by atoms with Crippen molar-refractivity contribution in [1.82, 2.24) is 35.1 Å². The molecule has 6 aromatic heterocycles. The lowest BCUT2D eigenvalue weighted by Gasteiger charge is -2.24. The smallest absolute Gasteiger partial charge is 0.227 e. The number of hydrogen-bond acceptors (Lipinski definition) is 6. The summed E-state index contributed by atoms with van der Waals surface area (Å²) in [5, 5.41) is 12.4. The number of amides is 1. The summed E-state index contributed by atoms with van der Waals surface area (Å²) in [6.07, 6.45) is 11.8. The Bertz CT molecular complexity index is 1770. The number of hydrogen-bond donors (Lipinski definition) is 3. The lowest BCUT2D eigenvalue weighted by molar-refractivity contribution is -0.122. The molecule has 0 bridgehead atoms. The van der Waals surface area contributed by atoms with Crippen LogP contribution in [0.2, 0.25) is 0 Å². The van der Waals surface area contributed by atoms with Crippen LogP contribution in [-0.4, -0.2) is 41.0 Å². The topological polar surface area (TPSA) is 125 Å². The van der Waals surface area contributed by atoms with E-state index in [2.05, 4.69) is 46.5 Å². The molecule has 1 amide bonds. The molecule has 0 aromatic carbocycles. The first-order valence-corrected chi connectivity index (χ1v) is 12.2. The summed E-state index contributed by atoms with van der Waals surface area (Å²) in [6, 6.07) is 13.9. The van der Waals surface area contributed by atoms with Gasteiger partial charge in [-0.15, -0.1) is 0 Å². The highest BCUT2D eigenvalue weighted by atomic mass is 16.1. The van der Waals surface area contributed by atoms with Crippen molar-refractivity contribution in [2.75, 3.05) is 5.32 Å². The van der Waals surface area contributed by atoms with Gasteiger partial charge in [0.15, 0.2) is 5.65 Å². The van der Waals surface area contributed by atoms with E-state index in [1.165, 1.54) is 0 Å². The van der Waals surface area contributed by atoms with Crippen LogP contribution in [0.15, 0.2) is 73.4 Å². The van der Waals surface area contributed by atoms with E-state index >= 15 is 0 Å². The van der Waals surface area contributed by atoms with Gasteiger partial charge in [0.2, 0.25) is 5.91 Å². The number of carbonyl (C=O) groups is 1. The van der Waals surface area contributed by atoms with E-state index in [1.807, 2.05) is 36.4 Å². The third kappa shape index (κ3) is 3.81. The largest absolute Gasteiger partial charge is 0.338 e. The molecule has 6 heterocycles. The number of fused-ring (bicyclic) bond motifs is 2. The Morgan fingerprint density at radius 2 is 1.84 bits per heavy atom. The molecule has 1 aliphatic rings. The average molecular weight is 487 g/mol. The summed E-state index contributed by atoms with van der Waals surface area (Å²) in [5.41, 5.74) is 7.36. The Kier molecular flexibility index (Phi) is 4.99. The summed E-state index contributed by atoms with van der Waals surface area (Å²) in [6.45, 7) is 0. The van der Waals surface area contributed by atoms with E-state index in [1.54, 1.807) is 31.0 Å². The predicted octanol–water partition coefficient (Wildman–Crippen LogP) is 5.36. The van der Waals surface area contributed by atoms with Crippen molar-refractivity contribution >= 4 is 33.7 Å². The van der Waals surface area contributed by atoms with Crippen molar-refractivity contribution in [3.05, 3.63) is 73.4 Å². The number of pyridine rings is 4. The predicted molar refractivity (Wildman–Crippen MR) is 141 cm³/mol. The van der Waals surface area contributed by atoms with E-state index < -0.39 is 0 Å². The van der Waals surface area contributed by atoms with Gasteiger partial charge in [-0.1, -0.05) is 12.5 Å². The van der Waals surface area contributed by atoms with E-state index in [9.17, 15) is 4.79 Å². The van der Waals surface area contributed by atoms with Crippen LogP contribution in [0.5, 0.6) is 0 Å². The molecule has 6 aromatic rings. The zero-order valence-electron chi connectivity index (χ0n) is 19.8. The molecule has 1 aliphatic carbocycles. The van der Waals surface area contributed by atoms with Gasteiger partial charge in [-0.2, -0.15) is 5.10 Å². The van der Waals surface area contributed by atoms with Gasteiger partial charge >= 0.3 is 0 Å². The van der Waals surface area contributed by atoms with E-state index in [4.69, 9.17) is 0 Å². The van der Waals surface area contributed by atoms with Gasteiger partial charge in [0.25, 0.3) is 0 Å². The number of carbonyl (C=O) groups excluding carboxylic acids is 1. The Morgan fingerprint density at radius 3 is 2.68 bits per heavy atom. The van der Waals surface area contributed by atoms with Crippen molar-refractivity contribution in [3.63, 3.8) is 0 Å². The SMILES string of the molecule is O=C(Nc1cncc(-c2cnc3n[nH]c(-c4cc5c(-c6ccccn6)ccnc5[nH]4)c3c2)c1)C1CCC1. The highest BCUT2D eigenvalue weighted by Crippen LogP contribution is 2.34. The van der Waals surface area contributed by atoms with Crippen molar-refractivity contribution in [1.29, 1.82) is 0 Å². The van der Waals surface area contributed by atoms with Crippen LogP contribution in [0.4, 0.5) is 5.69 Å². The number of aromatic amines is 2. The molecule has 0 radical (unpaired) electrons.